The summed E-state index contributed by atoms with van der Waals surface area (Å²) in [5.41, 5.74) is 6.74. The molecule has 0 aliphatic carbocycles. The monoisotopic (exact) mass is 716 g/mol. The zero-order valence-electron chi connectivity index (χ0n) is 28.8. The van der Waals surface area contributed by atoms with Crippen LogP contribution < -0.4 is 14.8 Å². The van der Waals surface area contributed by atoms with Gasteiger partial charge in [0.05, 0.1) is 73.0 Å². The second kappa shape index (κ2) is 15.4. The van der Waals surface area contributed by atoms with Gasteiger partial charge in [0.25, 0.3) is 5.91 Å². The maximum atomic E-state index is 12.8. The third kappa shape index (κ3) is 7.20. The molecule has 1 aliphatic heterocycles. The van der Waals surface area contributed by atoms with E-state index in [0.717, 1.165) is 50.7 Å². The summed E-state index contributed by atoms with van der Waals surface area (Å²) in [4.78, 5) is 23.1. The van der Waals surface area contributed by atoms with Crippen molar-refractivity contribution in [2.45, 2.75) is 5.16 Å². The Labute approximate surface area is 302 Å². The van der Waals surface area contributed by atoms with Gasteiger partial charge in [-0.3, -0.25) is 9.00 Å². The Hall–Kier alpha value is -6.12. The van der Waals surface area contributed by atoms with Crippen LogP contribution >= 0.6 is 0 Å². The van der Waals surface area contributed by atoms with E-state index in [9.17, 15) is 9.00 Å². The van der Waals surface area contributed by atoms with Gasteiger partial charge in [-0.25, -0.2) is 19.0 Å². The van der Waals surface area contributed by atoms with Gasteiger partial charge in [0.2, 0.25) is 11.1 Å². The molecule has 0 bridgehead atoms. The van der Waals surface area contributed by atoms with Gasteiger partial charge >= 0.3 is 0 Å². The first-order chi connectivity index (χ1) is 25.4. The molecule has 1 atom stereocenters. The van der Waals surface area contributed by atoms with Crippen LogP contribution in [0.4, 0.5) is 11.6 Å². The average molecular weight is 717 g/mol. The van der Waals surface area contributed by atoms with E-state index < -0.39 is 10.8 Å². The molecule has 0 spiro atoms. The highest BCUT2D eigenvalue weighted by atomic mass is 32.2. The number of fused-ring (bicyclic) bond motifs is 2. The molecule has 1 unspecified atom stereocenters. The summed E-state index contributed by atoms with van der Waals surface area (Å²) in [6, 6.07) is 30.8. The number of para-hydroxylation sites is 2. The van der Waals surface area contributed by atoms with Crippen molar-refractivity contribution < 1.29 is 23.2 Å². The quantitative estimate of drug-likeness (QED) is 0.207. The first-order valence-electron chi connectivity index (χ1n) is 16.5. The summed E-state index contributed by atoms with van der Waals surface area (Å²) >= 11 is 0. The summed E-state index contributed by atoms with van der Waals surface area (Å²) in [7, 11) is 2.07. The van der Waals surface area contributed by atoms with Crippen LogP contribution in [0, 0.1) is 0 Å². The van der Waals surface area contributed by atoms with E-state index in [-0.39, 0.29) is 5.91 Å². The van der Waals surface area contributed by atoms with Crippen LogP contribution in [0.5, 0.6) is 11.5 Å². The number of aromatic nitrogens is 6. The van der Waals surface area contributed by atoms with E-state index in [1.807, 2.05) is 106 Å². The highest BCUT2D eigenvalue weighted by Crippen LogP contribution is 2.32. The lowest BCUT2D eigenvalue weighted by atomic mass is 10.1. The minimum Gasteiger partial charge on any atom is -0.496 e. The van der Waals surface area contributed by atoms with Crippen LogP contribution in [0.25, 0.3) is 33.5 Å². The number of anilines is 2. The Bertz CT molecular complexity index is 2390. The second-order valence-electron chi connectivity index (χ2n) is 11.7. The van der Waals surface area contributed by atoms with Crippen molar-refractivity contribution >= 4 is 39.4 Å². The molecule has 3 aromatic carbocycles. The third-order valence-electron chi connectivity index (χ3n) is 8.46. The molecule has 1 saturated heterocycles. The standard InChI is InChI=1S/C24H23N5O3.C14H13N3O2S/c1-31-22-8-3-2-7-20(22)21-10-9-19-16-25-24(27-29(19)21)26-18-6-4-5-17(15-18)23(30)28-11-13-32-14-12-28;1-19-13-6-4-3-5-11(13)12-8-7-10-9-15-14(20(2)18)16-17(10)12/h2-10,15-16H,11-14H2,1H3,(H,26,27);3-9H,1-2H3. The Balaban J connectivity index is 0.000000180. The average Bonchev–Trinajstić information content (AvgIpc) is 3.82. The lowest BCUT2D eigenvalue weighted by Gasteiger charge is -2.27. The number of amides is 1. The fraction of sp³-hybridized carbons (Fsp3) is 0.184. The Morgan fingerprint density at radius 1 is 0.750 bits per heavy atom. The fourth-order valence-electron chi connectivity index (χ4n) is 5.91. The lowest BCUT2D eigenvalue weighted by Crippen LogP contribution is -2.40. The van der Waals surface area contributed by atoms with Gasteiger partial charge in [0, 0.05) is 41.7 Å². The molecular formula is C38H36N8O5S. The first kappa shape index (κ1) is 34.3. The number of ether oxygens (including phenoxy) is 3. The Morgan fingerprint density at radius 3 is 1.96 bits per heavy atom. The molecular weight excluding hydrogens is 681 g/mol. The predicted molar refractivity (Wildman–Crippen MR) is 199 cm³/mol. The number of methoxy groups -OCH3 is 2. The van der Waals surface area contributed by atoms with E-state index in [0.29, 0.717) is 43.0 Å². The molecule has 1 aliphatic rings. The minimum absolute atomic E-state index is 0.00260. The zero-order valence-corrected chi connectivity index (χ0v) is 29.6. The third-order valence-corrected chi connectivity index (χ3v) is 9.16. The predicted octanol–water partition coefficient (Wildman–Crippen LogP) is 5.76. The molecule has 7 aromatic rings. The van der Waals surface area contributed by atoms with Crippen LogP contribution in [0.15, 0.2) is 115 Å². The number of nitrogens with one attached hydrogen (secondary N) is 1. The topological polar surface area (TPSA) is 137 Å². The van der Waals surface area contributed by atoms with Crippen molar-refractivity contribution in [2.24, 2.45) is 0 Å². The van der Waals surface area contributed by atoms with Crippen molar-refractivity contribution in [3.8, 4) is 34.0 Å². The van der Waals surface area contributed by atoms with Gasteiger partial charge in [0.15, 0.2) is 0 Å². The highest BCUT2D eigenvalue weighted by Gasteiger charge is 2.19. The van der Waals surface area contributed by atoms with Crippen LogP contribution in [0.3, 0.4) is 0 Å². The van der Waals surface area contributed by atoms with Crippen LogP contribution in [0.1, 0.15) is 10.4 Å². The Kier molecular flexibility index (Phi) is 10.2. The first-order valence-corrected chi connectivity index (χ1v) is 18.0. The molecule has 52 heavy (non-hydrogen) atoms. The lowest BCUT2D eigenvalue weighted by molar-refractivity contribution is 0.0303. The molecule has 8 rings (SSSR count). The summed E-state index contributed by atoms with van der Waals surface area (Å²) in [6.45, 7) is 2.36. The van der Waals surface area contributed by atoms with Gasteiger partial charge in [0.1, 0.15) is 11.5 Å². The van der Waals surface area contributed by atoms with E-state index >= 15 is 0 Å². The largest absolute Gasteiger partial charge is 0.496 e. The molecule has 1 N–H and O–H groups in total. The molecule has 0 saturated carbocycles. The number of benzene rings is 3. The number of nitrogens with zero attached hydrogens (tertiary/aromatic N) is 7. The molecule has 264 valence electrons. The number of carbonyl (C=O) groups excluding carboxylic acids is 1. The summed E-state index contributed by atoms with van der Waals surface area (Å²) < 4.78 is 31.3. The highest BCUT2D eigenvalue weighted by molar-refractivity contribution is 7.84. The maximum Gasteiger partial charge on any atom is 0.254 e. The smallest absolute Gasteiger partial charge is 0.254 e. The van der Waals surface area contributed by atoms with Gasteiger partial charge in [-0.1, -0.05) is 30.3 Å². The molecule has 1 amide bonds. The summed E-state index contributed by atoms with van der Waals surface area (Å²) in [6.07, 6.45) is 4.99. The van der Waals surface area contributed by atoms with E-state index in [4.69, 9.17) is 14.2 Å². The van der Waals surface area contributed by atoms with Crippen LogP contribution in [-0.4, -0.2) is 91.0 Å². The zero-order chi connectivity index (χ0) is 36.0. The van der Waals surface area contributed by atoms with Gasteiger partial charge in [-0.05, 0) is 66.7 Å². The summed E-state index contributed by atoms with van der Waals surface area (Å²) in [5, 5.41) is 12.5. The van der Waals surface area contributed by atoms with Gasteiger partial charge < -0.3 is 24.4 Å². The van der Waals surface area contributed by atoms with Crippen molar-refractivity contribution in [1.82, 2.24) is 34.1 Å². The van der Waals surface area contributed by atoms with E-state index in [1.54, 1.807) is 37.4 Å². The molecule has 0 radical (unpaired) electrons. The number of morpholine rings is 1. The molecule has 1 fully saturated rings. The van der Waals surface area contributed by atoms with Gasteiger partial charge in [-0.2, -0.15) is 0 Å². The second-order valence-corrected chi connectivity index (χ2v) is 13.0. The van der Waals surface area contributed by atoms with Crippen molar-refractivity contribution in [3.63, 3.8) is 0 Å². The molecule has 4 aromatic heterocycles. The maximum absolute atomic E-state index is 12.8. The van der Waals surface area contributed by atoms with Crippen molar-refractivity contribution in [2.75, 3.05) is 52.1 Å². The van der Waals surface area contributed by atoms with Crippen molar-refractivity contribution in [3.05, 3.63) is 115 Å². The number of hydrogen-bond acceptors (Lipinski definition) is 10. The number of rotatable bonds is 8. The number of hydrogen-bond donors (Lipinski definition) is 1. The normalized spacial score (nSPS) is 13.3. The van der Waals surface area contributed by atoms with Crippen LogP contribution in [0.2, 0.25) is 0 Å². The summed E-state index contributed by atoms with van der Waals surface area (Å²) in [5.74, 6) is 1.97. The number of carbonyl (C=O) groups is 1. The van der Waals surface area contributed by atoms with E-state index in [1.165, 1.54) is 0 Å². The SMILES string of the molecule is COc1ccccc1-c1ccc2cnc(Nc3cccc(C(=O)N4CCOCC4)c3)nn12.COc1ccccc1-c1ccc2cnc(S(C)=O)nn12. The van der Waals surface area contributed by atoms with Crippen molar-refractivity contribution in [1.29, 1.82) is 0 Å². The van der Waals surface area contributed by atoms with Gasteiger partial charge in [-0.15, -0.1) is 10.2 Å². The van der Waals surface area contributed by atoms with E-state index in [2.05, 4.69) is 25.5 Å². The molecule has 14 heteroatoms. The molecule has 5 heterocycles. The Morgan fingerprint density at radius 2 is 1.35 bits per heavy atom. The molecule has 13 nitrogen and oxygen atoms in total. The minimum atomic E-state index is -1.22. The fourth-order valence-corrected chi connectivity index (χ4v) is 6.30. The van der Waals surface area contributed by atoms with Crippen LogP contribution in [-0.2, 0) is 15.5 Å².